The molecule has 90 valence electrons. The molecule has 4 nitrogen and oxygen atoms in total. The van der Waals surface area contributed by atoms with Crippen LogP contribution in [-0.4, -0.2) is 31.7 Å². The van der Waals surface area contributed by atoms with Crippen molar-refractivity contribution in [2.24, 2.45) is 0 Å². The van der Waals surface area contributed by atoms with E-state index >= 15 is 0 Å². The maximum atomic E-state index is 12.0. The van der Waals surface area contributed by atoms with Crippen LogP contribution in [0.2, 0.25) is 0 Å². The second-order valence-corrected chi connectivity index (χ2v) is 4.59. The van der Waals surface area contributed by atoms with Crippen LogP contribution in [0.5, 0.6) is 0 Å². The molecule has 0 spiro atoms. The summed E-state index contributed by atoms with van der Waals surface area (Å²) in [5.74, 6) is 0.0558. The molecule has 17 heavy (non-hydrogen) atoms. The zero-order valence-electron chi connectivity index (χ0n) is 9.99. The van der Waals surface area contributed by atoms with Crippen LogP contribution in [0.1, 0.15) is 22.8 Å². The monoisotopic (exact) mass is 231 g/mol. The van der Waals surface area contributed by atoms with E-state index in [-0.39, 0.29) is 12.1 Å². The minimum atomic E-state index is 0.0558. The topological polar surface area (TPSA) is 44.4 Å². The molecule has 1 aromatic carbocycles. The standard InChI is InChI=1S/C13H17N3O/c1-2-9-3-4-11-10(7-9)13(17)15-12-8-14-5-6-16(11)12/h3-4,7,12,14H,2,5-6,8H2,1H3,(H,15,17). The lowest BCUT2D eigenvalue weighted by Crippen LogP contribution is -2.62. The van der Waals surface area contributed by atoms with Gasteiger partial charge in [-0.3, -0.25) is 4.79 Å². The van der Waals surface area contributed by atoms with Gasteiger partial charge in [0.1, 0.15) is 6.17 Å². The van der Waals surface area contributed by atoms with Crippen molar-refractivity contribution in [3.8, 4) is 0 Å². The molecule has 0 radical (unpaired) electrons. The van der Waals surface area contributed by atoms with Gasteiger partial charge in [-0.05, 0) is 24.1 Å². The molecule has 3 rings (SSSR count). The summed E-state index contributed by atoms with van der Waals surface area (Å²) in [7, 11) is 0. The van der Waals surface area contributed by atoms with Crippen LogP contribution in [0, 0.1) is 0 Å². The van der Waals surface area contributed by atoms with Crippen LogP contribution in [0.25, 0.3) is 0 Å². The van der Waals surface area contributed by atoms with Gasteiger partial charge in [0.2, 0.25) is 0 Å². The fraction of sp³-hybridized carbons (Fsp3) is 0.462. The average molecular weight is 231 g/mol. The van der Waals surface area contributed by atoms with E-state index in [2.05, 4.69) is 34.6 Å². The summed E-state index contributed by atoms with van der Waals surface area (Å²) in [5.41, 5.74) is 3.12. The Morgan fingerprint density at radius 2 is 2.35 bits per heavy atom. The number of anilines is 1. The third-order valence-corrected chi connectivity index (χ3v) is 3.56. The molecule has 0 saturated carbocycles. The number of rotatable bonds is 1. The second kappa shape index (κ2) is 4.04. The van der Waals surface area contributed by atoms with Crippen LogP contribution >= 0.6 is 0 Å². The Morgan fingerprint density at radius 1 is 1.47 bits per heavy atom. The van der Waals surface area contributed by atoms with Gasteiger partial charge in [0.15, 0.2) is 0 Å². The highest BCUT2D eigenvalue weighted by Gasteiger charge is 2.32. The highest BCUT2D eigenvalue weighted by atomic mass is 16.2. The maximum Gasteiger partial charge on any atom is 0.255 e. The van der Waals surface area contributed by atoms with E-state index in [1.807, 2.05) is 6.07 Å². The van der Waals surface area contributed by atoms with E-state index < -0.39 is 0 Å². The molecule has 0 aromatic heterocycles. The third kappa shape index (κ3) is 1.69. The molecule has 1 atom stereocenters. The number of fused-ring (bicyclic) bond motifs is 3. The summed E-state index contributed by atoms with van der Waals surface area (Å²) in [6.07, 6.45) is 1.07. The Kier molecular flexibility index (Phi) is 2.52. The number of carbonyl (C=O) groups excluding carboxylic acids is 1. The lowest BCUT2D eigenvalue weighted by atomic mass is 10.0. The fourth-order valence-corrected chi connectivity index (χ4v) is 2.59. The van der Waals surface area contributed by atoms with Crippen molar-refractivity contribution in [2.45, 2.75) is 19.5 Å². The van der Waals surface area contributed by atoms with Crippen LogP contribution in [0.3, 0.4) is 0 Å². The highest BCUT2D eigenvalue weighted by molar-refractivity contribution is 6.02. The number of nitrogens with zero attached hydrogens (tertiary/aromatic N) is 1. The molecular weight excluding hydrogens is 214 g/mol. The quantitative estimate of drug-likeness (QED) is 0.749. The molecule has 2 aliphatic rings. The molecule has 0 aliphatic carbocycles. The van der Waals surface area contributed by atoms with Crippen molar-refractivity contribution in [1.29, 1.82) is 0 Å². The van der Waals surface area contributed by atoms with E-state index in [0.29, 0.717) is 0 Å². The molecule has 1 saturated heterocycles. The van der Waals surface area contributed by atoms with Gasteiger partial charge in [-0.1, -0.05) is 13.0 Å². The highest BCUT2D eigenvalue weighted by Crippen LogP contribution is 2.28. The second-order valence-electron chi connectivity index (χ2n) is 4.59. The number of hydrogen-bond donors (Lipinski definition) is 2. The normalized spacial score (nSPS) is 22.8. The smallest absolute Gasteiger partial charge is 0.255 e. The van der Waals surface area contributed by atoms with E-state index in [1.54, 1.807) is 0 Å². The summed E-state index contributed by atoms with van der Waals surface area (Å²) in [6, 6.07) is 6.23. The summed E-state index contributed by atoms with van der Waals surface area (Å²) in [4.78, 5) is 14.3. The van der Waals surface area contributed by atoms with Crippen LogP contribution < -0.4 is 15.5 Å². The van der Waals surface area contributed by atoms with E-state index in [4.69, 9.17) is 0 Å². The molecule has 2 N–H and O–H groups in total. The number of piperazine rings is 1. The summed E-state index contributed by atoms with van der Waals surface area (Å²) in [5, 5.41) is 6.35. The van der Waals surface area contributed by atoms with E-state index in [1.165, 1.54) is 5.56 Å². The molecule has 0 bridgehead atoms. The largest absolute Gasteiger partial charge is 0.348 e. The SMILES string of the molecule is CCc1ccc2c(c1)C(=O)NC1CNCCN21. The van der Waals surface area contributed by atoms with Gasteiger partial charge >= 0.3 is 0 Å². The predicted molar refractivity (Wildman–Crippen MR) is 67.3 cm³/mol. The minimum absolute atomic E-state index is 0.0558. The average Bonchev–Trinajstić information content (AvgIpc) is 2.38. The van der Waals surface area contributed by atoms with Gasteiger partial charge in [0, 0.05) is 19.6 Å². The summed E-state index contributed by atoms with van der Waals surface area (Å²) in [6.45, 7) is 4.85. The van der Waals surface area contributed by atoms with Gasteiger partial charge in [0.05, 0.1) is 11.3 Å². The van der Waals surface area contributed by atoms with Crippen LogP contribution in [0.15, 0.2) is 18.2 Å². The third-order valence-electron chi connectivity index (χ3n) is 3.56. The fourth-order valence-electron chi connectivity index (χ4n) is 2.59. The zero-order valence-corrected chi connectivity index (χ0v) is 9.99. The number of aryl methyl sites for hydroxylation is 1. The lowest BCUT2D eigenvalue weighted by molar-refractivity contribution is 0.0922. The first-order valence-corrected chi connectivity index (χ1v) is 6.20. The Bertz CT molecular complexity index is 458. The molecular formula is C13H17N3O. The number of hydrogen-bond acceptors (Lipinski definition) is 3. The Hall–Kier alpha value is -1.55. The first kappa shape index (κ1) is 10.6. The Labute approximate surface area is 101 Å². The number of carbonyl (C=O) groups is 1. The molecule has 1 aromatic rings. The molecule has 2 heterocycles. The van der Waals surface area contributed by atoms with Crippen molar-refractivity contribution in [1.82, 2.24) is 10.6 Å². The first-order chi connectivity index (χ1) is 8.29. The van der Waals surface area contributed by atoms with Crippen molar-refractivity contribution in [2.75, 3.05) is 24.5 Å². The minimum Gasteiger partial charge on any atom is -0.348 e. The van der Waals surface area contributed by atoms with Crippen molar-refractivity contribution in [3.05, 3.63) is 29.3 Å². The van der Waals surface area contributed by atoms with Gasteiger partial charge in [-0.2, -0.15) is 0 Å². The van der Waals surface area contributed by atoms with E-state index in [0.717, 1.165) is 37.3 Å². The Balaban J connectivity index is 2.04. The van der Waals surface area contributed by atoms with Crippen molar-refractivity contribution in [3.63, 3.8) is 0 Å². The van der Waals surface area contributed by atoms with E-state index in [9.17, 15) is 4.79 Å². The zero-order chi connectivity index (χ0) is 11.8. The molecule has 1 amide bonds. The number of nitrogens with one attached hydrogen (secondary N) is 2. The number of benzene rings is 1. The summed E-state index contributed by atoms with van der Waals surface area (Å²) >= 11 is 0. The maximum absolute atomic E-state index is 12.0. The van der Waals surface area contributed by atoms with Gasteiger partial charge in [-0.25, -0.2) is 0 Å². The molecule has 4 heteroatoms. The predicted octanol–water partition coefficient (Wildman–Crippen LogP) is 0.728. The molecule has 2 aliphatic heterocycles. The van der Waals surface area contributed by atoms with Gasteiger partial charge in [0.25, 0.3) is 5.91 Å². The van der Waals surface area contributed by atoms with Gasteiger partial charge < -0.3 is 15.5 Å². The molecule has 1 unspecified atom stereocenters. The van der Waals surface area contributed by atoms with Crippen molar-refractivity contribution < 1.29 is 4.79 Å². The van der Waals surface area contributed by atoms with Crippen LogP contribution in [0.4, 0.5) is 5.69 Å². The Morgan fingerprint density at radius 3 is 3.18 bits per heavy atom. The first-order valence-electron chi connectivity index (χ1n) is 6.20. The number of amides is 1. The van der Waals surface area contributed by atoms with Crippen LogP contribution in [-0.2, 0) is 6.42 Å². The molecule has 1 fully saturated rings. The lowest BCUT2D eigenvalue weighted by Gasteiger charge is -2.42. The van der Waals surface area contributed by atoms with Gasteiger partial charge in [-0.15, -0.1) is 0 Å². The van der Waals surface area contributed by atoms with Crippen molar-refractivity contribution >= 4 is 11.6 Å². The summed E-state index contributed by atoms with van der Waals surface area (Å²) < 4.78 is 0.